The van der Waals surface area contributed by atoms with E-state index in [2.05, 4.69) is 123 Å². The Morgan fingerprint density at radius 3 is 1.77 bits per heavy atom. The summed E-state index contributed by atoms with van der Waals surface area (Å²) in [6, 6.07) is 38.4. The standard InChI is InChI=1S/C54H40N6O4/c1-27-48(29(3)63-59-27)40-22-44-38(24-46(40)61-5)50-43(57-44)19-20-55-53(50)37-16-10-13-34-35(37)14-9-15-36(34)42-26-56-52(33-18-17-31-11-7-8-12-32(31)21-33)51-39-25-47(62-6)41(23-45(39)58-54(42)51)49-28(2)60-64-30(49)4/h7-26,57-58H,1-6H3. The van der Waals surface area contributed by atoms with Crippen LogP contribution in [0.4, 0.5) is 0 Å². The van der Waals surface area contributed by atoms with Crippen LogP contribution in [0.1, 0.15) is 22.9 Å². The van der Waals surface area contributed by atoms with Crippen LogP contribution in [0.2, 0.25) is 0 Å². The zero-order chi connectivity index (χ0) is 43.4. The molecule has 6 aromatic carbocycles. The summed E-state index contributed by atoms with van der Waals surface area (Å²) in [4.78, 5) is 18.0. The lowest BCUT2D eigenvalue weighted by Crippen LogP contribution is -1.92. The molecular formula is C54H40N6O4. The van der Waals surface area contributed by atoms with Gasteiger partial charge in [0.1, 0.15) is 23.0 Å². The van der Waals surface area contributed by atoms with E-state index in [1.807, 2.05) is 46.2 Å². The number of aromatic nitrogens is 6. The predicted octanol–water partition coefficient (Wildman–Crippen LogP) is 13.6. The number of pyridine rings is 2. The summed E-state index contributed by atoms with van der Waals surface area (Å²) in [6.07, 6.45) is 3.88. The van der Waals surface area contributed by atoms with Crippen LogP contribution in [-0.4, -0.2) is 44.5 Å². The molecule has 12 rings (SSSR count). The van der Waals surface area contributed by atoms with Crippen molar-refractivity contribution in [3.05, 3.63) is 144 Å². The molecule has 0 saturated carbocycles. The molecular weight excluding hydrogens is 797 g/mol. The lowest BCUT2D eigenvalue weighted by atomic mass is 9.92. The third kappa shape index (κ3) is 5.51. The quantitative estimate of drug-likeness (QED) is 0.162. The SMILES string of the molecule is COc1cc2c(cc1-c1c(C)noc1C)[nH]c1ccnc(-c3cccc4c(-c5cnc(-c6ccc7ccccc7c6)c6c5[nH]c5cc(-c7c(C)noc7C)c(OC)cc56)cccc34)c12. The number of hydrogen-bond donors (Lipinski definition) is 2. The first-order valence-electron chi connectivity index (χ1n) is 21.2. The molecule has 0 fully saturated rings. The second-order valence-electron chi connectivity index (χ2n) is 16.5. The Hall–Kier alpha value is -8.24. The van der Waals surface area contributed by atoms with Crippen molar-refractivity contribution in [2.75, 3.05) is 14.2 Å². The molecule has 0 aliphatic rings. The fourth-order valence-corrected chi connectivity index (χ4v) is 9.98. The third-order valence-electron chi connectivity index (χ3n) is 12.9. The van der Waals surface area contributed by atoms with Gasteiger partial charge in [0, 0.05) is 72.8 Å². The van der Waals surface area contributed by atoms with E-state index in [0.29, 0.717) is 0 Å². The van der Waals surface area contributed by atoms with Gasteiger partial charge in [-0.3, -0.25) is 9.97 Å². The van der Waals surface area contributed by atoms with E-state index in [9.17, 15) is 0 Å². The highest BCUT2D eigenvalue weighted by molar-refractivity contribution is 6.21. The van der Waals surface area contributed by atoms with E-state index < -0.39 is 0 Å². The Morgan fingerprint density at radius 1 is 0.484 bits per heavy atom. The molecule has 0 saturated heterocycles. The molecule has 2 N–H and O–H groups in total. The minimum atomic E-state index is 0.726. The van der Waals surface area contributed by atoms with E-state index in [0.717, 1.165) is 150 Å². The maximum absolute atomic E-state index is 6.11. The molecule has 0 aliphatic heterocycles. The molecule has 0 amide bonds. The van der Waals surface area contributed by atoms with Crippen LogP contribution in [0.15, 0.2) is 131 Å². The molecule has 0 spiro atoms. The van der Waals surface area contributed by atoms with E-state index in [-0.39, 0.29) is 0 Å². The molecule has 0 unspecified atom stereocenters. The fraction of sp³-hybridized carbons (Fsp3) is 0.111. The highest BCUT2D eigenvalue weighted by Gasteiger charge is 2.24. The normalized spacial score (nSPS) is 11.9. The summed E-state index contributed by atoms with van der Waals surface area (Å²) in [7, 11) is 3.41. The molecule has 0 atom stereocenters. The van der Waals surface area contributed by atoms with Gasteiger partial charge in [-0.15, -0.1) is 0 Å². The lowest BCUT2D eigenvalue weighted by molar-refractivity contribution is 0.393. The number of nitrogens with one attached hydrogen (secondary N) is 2. The van der Waals surface area contributed by atoms with Gasteiger partial charge < -0.3 is 28.5 Å². The molecule has 310 valence electrons. The summed E-state index contributed by atoms with van der Waals surface area (Å²) < 4.78 is 23.3. The molecule has 6 heterocycles. The summed E-state index contributed by atoms with van der Waals surface area (Å²) in [5.74, 6) is 2.93. The fourth-order valence-electron chi connectivity index (χ4n) is 9.98. The zero-order valence-electron chi connectivity index (χ0n) is 36.0. The van der Waals surface area contributed by atoms with Gasteiger partial charge in [-0.2, -0.15) is 0 Å². The Balaban J connectivity index is 1.09. The first-order valence-corrected chi connectivity index (χ1v) is 21.2. The maximum atomic E-state index is 6.11. The summed E-state index contributed by atoms with van der Waals surface area (Å²) in [6.45, 7) is 7.76. The minimum Gasteiger partial charge on any atom is -0.496 e. The first-order chi connectivity index (χ1) is 31.3. The number of benzene rings is 6. The van der Waals surface area contributed by atoms with Crippen LogP contribution in [-0.2, 0) is 0 Å². The van der Waals surface area contributed by atoms with Crippen molar-refractivity contribution >= 4 is 65.2 Å². The molecule has 12 aromatic rings. The number of ether oxygens (including phenoxy) is 2. The maximum Gasteiger partial charge on any atom is 0.141 e. The average molecular weight is 837 g/mol. The lowest BCUT2D eigenvalue weighted by Gasteiger charge is -2.14. The zero-order valence-corrected chi connectivity index (χ0v) is 36.0. The number of H-pyrrole nitrogens is 2. The molecule has 10 heteroatoms. The summed E-state index contributed by atoms with van der Waals surface area (Å²) in [5.41, 5.74) is 15.0. The Bertz CT molecular complexity index is 3850. The van der Waals surface area contributed by atoms with Gasteiger partial charge in [0.15, 0.2) is 0 Å². The van der Waals surface area contributed by atoms with Crippen molar-refractivity contribution in [1.82, 2.24) is 30.2 Å². The first kappa shape index (κ1) is 37.5. The van der Waals surface area contributed by atoms with Crippen LogP contribution < -0.4 is 9.47 Å². The molecule has 6 aromatic heterocycles. The van der Waals surface area contributed by atoms with Crippen LogP contribution in [0.3, 0.4) is 0 Å². The molecule has 0 aliphatic carbocycles. The number of fused-ring (bicyclic) bond motifs is 8. The predicted molar refractivity (Wildman–Crippen MR) is 255 cm³/mol. The van der Waals surface area contributed by atoms with Crippen molar-refractivity contribution in [2.24, 2.45) is 0 Å². The Morgan fingerprint density at radius 2 is 1.11 bits per heavy atom. The largest absolute Gasteiger partial charge is 0.496 e. The van der Waals surface area contributed by atoms with Crippen LogP contribution in [0.5, 0.6) is 11.5 Å². The second-order valence-corrected chi connectivity index (χ2v) is 16.5. The Labute approximate surface area is 366 Å². The Kier molecular flexibility index (Phi) is 8.29. The number of aryl methyl sites for hydroxylation is 4. The van der Waals surface area contributed by atoms with E-state index >= 15 is 0 Å². The van der Waals surface area contributed by atoms with E-state index in [1.54, 1.807) is 14.2 Å². The monoisotopic (exact) mass is 836 g/mol. The van der Waals surface area contributed by atoms with Crippen molar-refractivity contribution in [1.29, 1.82) is 0 Å². The minimum absolute atomic E-state index is 0.726. The summed E-state index contributed by atoms with van der Waals surface area (Å²) in [5, 5.41) is 17.0. The molecule has 10 nitrogen and oxygen atoms in total. The van der Waals surface area contributed by atoms with E-state index in [4.69, 9.17) is 28.5 Å². The highest BCUT2D eigenvalue weighted by Crippen LogP contribution is 2.47. The number of hydrogen-bond acceptors (Lipinski definition) is 8. The summed E-state index contributed by atoms with van der Waals surface area (Å²) >= 11 is 0. The number of rotatable bonds is 7. The van der Waals surface area contributed by atoms with Crippen molar-refractivity contribution in [3.8, 4) is 67.4 Å². The van der Waals surface area contributed by atoms with Crippen LogP contribution in [0, 0.1) is 27.7 Å². The number of methoxy groups -OCH3 is 2. The number of nitrogens with zero attached hydrogens (tertiary/aromatic N) is 4. The van der Waals surface area contributed by atoms with Crippen molar-refractivity contribution in [3.63, 3.8) is 0 Å². The van der Waals surface area contributed by atoms with Gasteiger partial charge in [-0.25, -0.2) is 0 Å². The van der Waals surface area contributed by atoms with E-state index in [1.165, 1.54) is 5.39 Å². The van der Waals surface area contributed by atoms with Crippen LogP contribution in [0.25, 0.3) is 121 Å². The molecule has 0 bridgehead atoms. The molecule has 0 radical (unpaired) electrons. The third-order valence-corrected chi connectivity index (χ3v) is 12.9. The highest BCUT2D eigenvalue weighted by atomic mass is 16.5. The van der Waals surface area contributed by atoms with Gasteiger partial charge in [0.25, 0.3) is 0 Å². The molecule has 64 heavy (non-hydrogen) atoms. The van der Waals surface area contributed by atoms with Crippen molar-refractivity contribution in [2.45, 2.75) is 27.7 Å². The van der Waals surface area contributed by atoms with Gasteiger partial charge in [-0.05, 0) is 91.2 Å². The van der Waals surface area contributed by atoms with Gasteiger partial charge in [0.2, 0.25) is 0 Å². The van der Waals surface area contributed by atoms with Gasteiger partial charge >= 0.3 is 0 Å². The van der Waals surface area contributed by atoms with Crippen molar-refractivity contribution < 1.29 is 18.5 Å². The smallest absolute Gasteiger partial charge is 0.141 e. The average Bonchev–Trinajstić information content (AvgIpc) is 4.08. The van der Waals surface area contributed by atoms with Gasteiger partial charge in [0.05, 0.1) is 59.2 Å². The number of aromatic amines is 2. The van der Waals surface area contributed by atoms with Gasteiger partial charge in [-0.1, -0.05) is 83.1 Å². The second kappa shape index (κ2) is 14.1. The van der Waals surface area contributed by atoms with Crippen LogP contribution >= 0.6 is 0 Å². The topological polar surface area (TPSA) is 128 Å².